The largest absolute Gasteiger partial charge is 0.369 e. The number of rotatable bonds is 7. The summed E-state index contributed by atoms with van der Waals surface area (Å²) < 4.78 is 2.04. The van der Waals surface area contributed by atoms with Gasteiger partial charge in [-0.25, -0.2) is 9.97 Å². The molecule has 0 aliphatic heterocycles. The lowest BCUT2D eigenvalue weighted by Crippen LogP contribution is -2.27. The summed E-state index contributed by atoms with van der Waals surface area (Å²) in [4.78, 5) is 11.5. The van der Waals surface area contributed by atoms with E-state index in [0.717, 1.165) is 49.8 Å². The van der Waals surface area contributed by atoms with Crippen molar-refractivity contribution in [2.45, 2.75) is 33.6 Å². The Labute approximate surface area is 114 Å². The number of anilines is 2. The maximum absolute atomic E-state index is 4.73. The maximum Gasteiger partial charge on any atom is 0.180 e. The SMILES string of the molecule is CCCN(CCC)c1nc(NCC)cn2ccnc12. The van der Waals surface area contributed by atoms with E-state index in [-0.39, 0.29) is 0 Å². The molecule has 2 aromatic rings. The fourth-order valence-corrected chi connectivity index (χ4v) is 2.26. The molecule has 0 saturated carbocycles. The van der Waals surface area contributed by atoms with Gasteiger partial charge >= 0.3 is 0 Å². The lowest BCUT2D eigenvalue weighted by molar-refractivity contribution is 0.734. The Morgan fingerprint density at radius 2 is 1.95 bits per heavy atom. The Hall–Kier alpha value is -1.78. The molecule has 2 aromatic heterocycles. The van der Waals surface area contributed by atoms with Crippen LogP contribution in [0.4, 0.5) is 11.6 Å². The number of aromatic nitrogens is 3. The number of hydrogen-bond acceptors (Lipinski definition) is 4. The molecule has 0 spiro atoms. The number of imidazole rings is 1. The molecule has 0 atom stereocenters. The first-order valence-corrected chi connectivity index (χ1v) is 7.12. The fourth-order valence-electron chi connectivity index (χ4n) is 2.26. The van der Waals surface area contributed by atoms with Gasteiger partial charge in [0.15, 0.2) is 11.5 Å². The zero-order valence-corrected chi connectivity index (χ0v) is 12.1. The molecule has 0 amide bonds. The molecule has 0 radical (unpaired) electrons. The van der Waals surface area contributed by atoms with Crippen LogP contribution in [0.25, 0.3) is 5.65 Å². The van der Waals surface area contributed by atoms with Crippen molar-refractivity contribution in [1.82, 2.24) is 14.4 Å². The Kier molecular flexibility index (Phi) is 4.60. The minimum Gasteiger partial charge on any atom is -0.369 e. The van der Waals surface area contributed by atoms with Crippen molar-refractivity contribution >= 4 is 17.3 Å². The summed E-state index contributed by atoms with van der Waals surface area (Å²) in [6.45, 7) is 9.36. The van der Waals surface area contributed by atoms with E-state index in [1.165, 1.54) is 0 Å². The summed E-state index contributed by atoms with van der Waals surface area (Å²) in [5.41, 5.74) is 0.934. The van der Waals surface area contributed by atoms with Gasteiger partial charge in [-0.2, -0.15) is 0 Å². The van der Waals surface area contributed by atoms with Gasteiger partial charge in [0.2, 0.25) is 0 Å². The highest BCUT2D eigenvalue weighted by atomic mass is 15.2. The van der Waals surface area contributed by atoms with Crippen LogP contribution >= 0.6 is 0 Å². The van der Waals surface area contributed by atoms with E-state index in [2.05, 4.69) is 36.0 Å². The van der Waals surface area contributed by atoms with E-state index in [4.69, 9.17) is 4.98 Å². The van der Waals surface area contributed by atoms with Crippen molar-refractivity contribution in [1.29, 1.82) is 0 Å². The molecule has 0 bridgehead atoms. The Balaban J connectivity index is 2.45. The Bertz CT molecular complexity index is 514. The minimum atomic E-state index is 0.869. The summed E-state index contributed by atoms with van der Waals surface area (Å²) in [6, 6.07) is 0. The van der Waals surface area contributed by atoms with Gasteiger partial charge in [0, 0.05) is 32.0 Å². The molecular weight excluding hydrogens is 238 g/mol. The Morgan fingerprint density at radius 1 is 1.21 bits per heavy atom. The molecule has 5 heteroatoms. The molecule has 0 fully saturated rings. The van der Waals surface area contributed by atoms with Crippen molar-refractivity contribution in [3.05, 3.63) is 18.6 Å². The molecule has 19 heavy (non-hydrogen) atoms. The summed E-state index contributed by atoms with van der Waals surface area (Å²) in [6.07, 6.45) is 8.01. The van der Waals surface area contributed by atoms with Crippen molar-refractivity contribution < 1.29 is 0 Å². The minimum absolute atomic E-state index is 0.869. The van der Waals surface area contributed by atoms with Gasteiger partial charge in [-0.05, 0) is 19.8 Å². The molecule has 1 N–H and O–H groups in total. The first-order chi connectivity index (χ1) is 9.30. The average Bonchev–Trinajstić information content (AvgIpc) is 2.86. The summed E-state index contributed by atoms with van der Waals surface area (Å²) in [5, 5.41) is 3.28. The van der Waals surface area contributed by atoms with Crippen LogP contribution in [0.15, 0.2) is 18.6 Å². The smallest absolute Gasteiger partial charge is 0.180 e. The first-order valence-electron chi connectivity index (χ1n) is 7.12. The zero-order valence-electron chi connectivity index (χ0n) is 12.1. The van der Waals surface area contributed by atoms with Gasteiger partial charge in [0.05, 0.1) is 6.20 Å². The number of nitrogens with zero attached hydrogens (tertiary/aromatic N) is 4. The number of hydrogen-bond donors (Lipinski definition) is 1. The molecule has 5 nitrogen and oxygen atoms in total. The van der Waals surface area contributed by atoms with E-state index in [9.17, 15) is 0 Å². The van der Waals surface area contributed by atoms with Crippen LogP contribution in [0.5, 0.6) is 0 Å². The van der Waals surface area contributed by atoms with Crippen LogP contribution in [0.3, 0.4) is 0 Å². The molecule has 2 rings (SSSR count). The quantitative estimate of drug-likeness (QED) is 0.832. The zero-order chi connectivity index (χ0) is 13.7. The average molecular weight is 261 g/mol. The van der Waals surface area contributed by atoms with Gasteiger partial charge < -0.3 is 14.6 Å². The Morgan fingerprint density at radius 3 is 2.58 bits per heavy atom. The van der Waals surface area contributed by atoms with E-state index in [1.54, 1.807) is 0 Å². The van der Waals surface area contributed by atoms with E-state index in [1.807, 2.05) is 23.0 Å². The van der Waals surface area contributed by atoms with Crippen molar-refractivity contribution in [3.8, 4) is 0 Å². The van der Waals surface area contributed by atoms with Crippen molar-refractivity contribution in [2.24, 2.45) is 0 Å². The van der Waals surface area contributed by atoms with Crippen LogP contribution in [0.2, 0.25) is 0 Å². The maximum atomic E-state index is 4.73. The van der Waals surface area contributed by atoms with Crippen LogP contribution in [-0.2, 0) is 0 Å². The number of nitrogens with one attached hydrogen (secondary N) is 1. The highest BCUT2D eigenvalue weighted by Crippen LogP contribution is 2.21. The molecule has 0 saturated heterocycles. The standard InChI is InChI=1S/C14H23N5/c1-4-8-18(9-5-2)14-13-16-7-10-19(13)11-12(17-14)15-6-3/h7,10-11,15H,4-6,8-9H2,1-3H3. The first kappa shape index (κ1) is 13.6. The van der Waals surface area contributed by atoms with Crippen LogP contribution in [0.1, 0.15) is 33.6 Å². The second-order valence-electron chi connectivity index (χ2n) is 4.63. The number of fused-ring (bicyclic) bond motifs is 1. The lowest BCUT2D eigenvalue weighted by Gasteiger charge is -2.23. The third kappa shape index (κ3) is 2.97. The third-order valence-corrected chi connectivity index (χ3v) is 3.00. The van der Waals surface area contributed by atoms with E-state index < -0.39 is 0 Å². The highest BCUT2D eigenvalue weighted by molar-refractivity contribution is 5.66. The van der Waals surface area contributed by atoms with E-state index in [0.29, 0.717) is 0 Å². The van der Waals surface area contributed by atoms with Crippen LogP contribution in [-0.4, -0.2) is 34.0 Å². The summed E-state index contributed by atoms with van der Waals surface area (Å²) in [5.74, 6) is 1.88. The van der Waals surface area contributed by atoms with E-state index >= 15 is 0 Å². The normalized spacial score (nSPS) is 10.9. The molecule has 104 valence electrons. The van der Waals surface area contributed by atoms with Gasteiger partial charge in [-0.15, -0.1) is 0 Å². The summed E-state index contributed by atoms with van der Waals surface area (Å²) >= 11 is 0. The van der Waals surface area contributed by atoms with Crippen LogP contribution in [0, 0.1) is 0 Å². The lowest BCUT2D eigenvalue weighted by atomic mass is 10.3. The third-order valence-electron chi connectivity index (χ3n) is 3.00. The monoisotopic (exact) mass is 261 g/mol. The van der Waals surface area contributed by atoms with Gasteiger partial charge in [0.1, 0.15) is 5.82 Å². The molecule has 0 aliphatic rings. The summed E-state index contributed by atoms with van der Waals surface area (Å²) in [7, 11) is 0. The molecular formula is C14H23N5. The molecule has 2 heterocycles. The van der Waals surface area contributed by atoms with Crippen molar-refractivity contribution in [3.63, 3.8) is 0 Å². The van der Waals surface area contributed by atoms with Gasteiger partial charge in [-0.1, -0.05) is 13.8 Å². The second-order valence-corrected chi connectivity index (χ2v) is 4.63. The van der Waals surface area contributed by atoms with Gasteiger partial charge in [-0.3, -0.25) is 0 Å². The predicted molar refractivity (Wildman–Crippen MR) is 79.9 cm³/mol. The topological polar surface area (TPSA) is 45.5 Å². The predicted octanol–water partition coefficient (Wildman–Crippen LogP) is 2.79. The fraction of sp³-hybridized carbons (Fsp3) is 0.571. The van der Waals surface area contributed by atoms with Crippen molar-refractivity contribution in [2.75, 3.05) is 29.9 Å². The molecule has 0 aromatic carbocycles. The highest BCUT2D eigenvalue weighted by Gasteiger charge is 2.13. The molecule has 0 unspecified atom stereocenters. The molecule has 0 aliphatic carbocycles. The second kappa shape index (κ2) is 6.41. The van der Waals surface area contributed by atoms with Gasteiger partial charge in [0.25, 0.3) is 0 Å². The van der Waals surface area contributed by atoms with Crippen LogP contribution < -0.4 is 10.2 Å².